The van der Waals surface area contributed by atoms with Crippen molar-refractivity contribution in [3.05, 3.63) is 11.6 Å². The molecule has 0 aromatic carbocycles. The van der Waals surface area contributed by atoms with Crippen LogP contribution in [0.15, 0.2) is 11.6 Å². The summed E-state index contributed by atoms with van der Waals surface area (Å²) < 4.78 is 0. The fourth-order valence-corrected chi connectivity index (χ4v) is 6.55. The monoisotopic (exact) mass is 258 g/mol. The normalized spacial score (nSPS) is 52.9. The fourth-order valence-electron chi connectivity index (χ4n) is 6.55. The Morgan fingerprint density at radius 1 is 0.947 bits per heavy atom. The summed E-state index contributed by atoms with van der Waals surface area (Å²) in [5.74, 6) is 3.03. The van der Waals surface area contributed by atoms with Crippen LogP contribution >= 0.6 is 0 Å². The zero-order chi connectivity index (χ0) is 13.1. The van der Waals surface area contributed by atoms with Crippen LogP contribution in [0.1, 0.15) is 78.1 Å². The van der Waals surface area contributed by atoms with Crippen LogP contribution < -0.4 is 0 Å². The summed E-state index contributed by atoms with van der Waals surface area (Å²) in [6, 6.07) is 0. The Morgan fingerprint density at radius 2 is 1.84 bits per heavy atom. The molecule has 0 aromatic rings. The molecule has 0 radical (unpaired) electrons. The van der Waals surface area contributed by atoms with Crippen molar-refractivity contribution in [3.63, 3.8) is 0 Å². The highest BCUT2D eigenvalue weighted by molar-refractivity contribution is 5.28. The number of rotatable bonds is 0. The lowest BCUT2D eigenvalue weighted by Crippen LogP contribution is -2.45. The Balaban J connectivity index is 1.72. The molecule has 19 heavy (non-hydrogen) atoms. The quantitative estimate of drug-likeness (QED) is 0.487. The largest absolute Gasteiger partial charge is 0.0839 e. The zero-order valence-electron chi connectivity index (χ0n) is 12.9. The van der Waals surface area contributed by atoms with Gasteiger partial charge < -0.3 is 0 Å². The number of fused-ring (bicyclic) bond motifs is 5. The van der Waals surface area contributed by atoms with Crippen molar-refractivity contribution < 1.29 is 0 Å². The zero-order valence-corrected chi connectivity index (χ0v) is 12.9. The van der Waals surface area contributed by atoms with Gasteiger partial charge in [-0.25, -0.2) is 0 Å². The third kappa shape index (κ3) is 1.64. The van der Waals surface area contributed by atoms with E-state index in [2.05, 4.69) is 19.9 Å². The van der Waals surface area contributed by atoms with Crippen LogP contribution in [0.25, 0.3) is 0 Å². The topological polar surface area (TPSA) is 0 Å². The SMILES string of the molecule is C[C@]12CC=C3[C@H](CCC4CCCC[C@]34C)[C@H]1CCC2. The number of hydrogen-bond donors (Lipinski definition) is 0. The highest BCUT2D eigenvalue weighted by atomic mass is 14.6. The minimum absolute atomic E-state index is 0.602. The van der Waals surface area contributed by atoms with Crippen molar-refractivity contribution in [1.82, 2.24) is 0 Å². The lowest BCUT2D eigenvalue weighted by atomic mass is 9.49. The molecular weight excluding hydrogens is 228 g/mol. The molecule has 4 aliphatic carbocycles. The van der Waals surface area contributed by atoms with E-state index in [-0.39, 0.29) is 0 Å². The van der Waals surface area contributed by atoms with Crippen molar-refractivity contribution in [2.75, 3.05) is 0 Å². The average Bonchev–Trinajstić information content (AvgIpc) is 2.79. The van der Waals surface area contributed by atoms with Gasteiger partial charge in [-0.05, 0) is 73.5 Å². The summed E-state index contributed by atoms with van der Waals surface area (Å²) in [7, 11) is 0. The molecule has 1 unspecified atom stereocenters. The molecule has 0 aliphatic heterocycles. The predicted octanol–water partition coefficient (Wildman–Crippen LogP) is 5.73. The maximum Gasteiger partial charge on any atom is -0.00853 e. The lowest BCUT2D eigenvalue weighted by molar-refractivity contribution is 0.0439. The van der Waals surface area contributed by atoms with Gasteiger partial charge in [0, 0.05) is 0 Å². The molecule has 0 bridgehead atoms. The van der Waals surface area contributed by atoms with Gasteiger partial charge >= 0.3 is 0 Å². The van der Waals surface area contributed by atoms with Crippen LogP contribution in [-0.2, 0) is 0 Å². The van der Waals surface area contributed by atoms with Crippen LogP contribution in [0.3, 0.4) is 0 Å². The summed E-state index contributed by atoms with van der Waals surface area (Å²) in [5.41, 5.74) is 3.21. The summed E-state index contributed by atoms with van der Waals surface area (Å²) in [5, 5.41) is 0. The van der Waals surface area contributed by atoms with Crippen LogP contribution in [-0.4, -0.2) is 0 Å². The molecule has 3 fully saturated rings. The van der Waals surface area contributed by atoms with Crippen LogP contribution in [0.5, 0.6) is 0 Å². The van der Waals surface area contributed by atoms with E-state index in [1.54, 1.807) is 0 Å². The van der Waals surface area contributed by atoms with Gasteiger partial charge in [0.05, 0.1) is 0 Å². The maximum atomic E-state index is 2.74. The first-order valence-corrected chi connectivity index (χ1v) is 8.84. The summed E-state index contributed by atoms with van der Waals surface area (Å²) >= 11 is 0. The molecule has 0 amide bonds. The van der Waals surface area contributed by atoms with Crippen LogP contribution in [0.2, 0.25) is 0 Å². The van der Waals surface area contributed by atoms with Crippen molar-refractivity contribution in [3.8, 4) is 0 Å². The third-order valence-corrected chi connectivity index (χ3v) is 7.72. The fraction of sp³-hybridized carbons (Fsp3) is 0.895. The summed E-state index contributed by atoms with van der Waals surface area (Å²) in [4.78, 5) is 0. The van der Waals surface area contributed by atoms with Crippen molar-refractivity contribution in [2.45, 2.75) is 78.1 Å². The molecule has 4 rings (SSSR count). The summed E-state index contributed by atoms with van der Waals surface area (Å²) in [6.45, 7) is 5.22. The first kappa shape index (κ1) is 12.5. The Morgan fingerprint density at radius 3 is 2.74 bits per heavy atom. The van der Waals surface area contributed by atoms with Gasteiger partial charge in [0.1, 0.15) is 0 Å². The lowest BCUT2D eigenvalue weighted by Gasteiger charge is -2.55. The van der Waals surface area contributed by atoms with E-state index in [9.17, 15) is 0 Å². The van der Waals surface area contributed by atoms with Crippen LogP contribution in [0.4, 0.5) is 0 Å². The molecule has 0 heteroatoms. The number of hydrogen-bond acceptors (Lipinski definition) is 0. The molecule has 106 valence electrons. The van der Waals surface area contributed by atoms with Crippen molar-refractivity contribution in [2.24, 2.45) is 28.6 Å². The van der Waals surface area contributed by atoms with E-state index in [4.69, 9.17) is 0 Å². The van der Waals surface area contributed by atoms with Crippen molar-refractivity contribution in [1.29, 1.82) is 0 Å². The molecule has 4 aliphatic rings. The average molecular weight is 258 g/mol. The Bertz CT molecular complexity index is 406. The third-order valence-electron chi connectivity index (χ3n) is 7.72. The van der Waals surface area contributed by atoms with E-state index < -0.39 is 0 Å². The van der Waals surface area contributed by atoms with E-state index in [0.29, 0.717) is 10.8 Å². The first-order chi connectivity index (χ1) is 9.13. The second-order valence-electron chi connectivity index (χ2n) is 8.56. The Hall–Kier alpha value is -0.260. The molecule has 0 N–H and O–H groups in total. The van der Waals surface area contributed by atoms with E-state index in [0.717, 1.165) is 17.8 Å². The summed E-state index contributed by atoms with van der Waals surface area (Å²) in [6.07, 6.45) is 17.7. The highest BCUT2D eigenvalue weighted by Crippen LogP contribution is 2.63. The number of allylic oxidation sites excluding steroid dienone is 2. The Kier molecular flexibility index (Phi) is 2.71. The van der Waals surface area contributed by atoms with Gasteiger partial charge in [-0.1, -0.05) is 44.8 Å². The molecule has 0 saturated heterocycles. The van der Waals surface area contributed by atoms with Gasteiger partial charge in [0.15, 0.2) is 0 Å². The minimum Gasteiger partial charge on any atom is -0.0839 e. The van der Waals surface area contributed by atoms with Gasteiger partial charge in [-0.15, -0.1) is 0 Å². The van der Waals surface area contributed by atoms with Gasteiger partial charge in [-0.2, -0.15) is 0 Å². The standard InChI is InChI=1S/C19H30/c1-18-11-5-7-16(18)15-9-8-14-6-3-4-12-19(14,2)17(15)10-13-18/h10,14-16H,3-9,11-13H2,1-2H3/t14?,15-,16-,18+,19+/m1/s1. The second kappa shape index (κ2) is 4.12. The van der Waals surface area contributed by atoms with Gasteiger partial charge in [-0.3, -0.25) is 0 Å². The molecular formula is C19H30. The molecule has 0 heterocycles. The minimum atomic E-state index is 0.602. The maximum absolute atomic E-state index is 2.74. The first-order valence-electron chi connectivity index (χ1n) is 8.84. The Labute approximate surface area is 119 Å². The van der Waals surface area contributed by atoms with E-state index >= 15 is 0 Å². The van der Waals surface area contributed by atoms with Gasteiger partial charge in [0.2, 0.25) is 0 Å². The van der Waals surface area contributed by atoms with E-state index in [1.807, 2.05) is 5.57 Å². The molecule has 3 saturated carbocycles. The molecule has 5 atom stereocenters. The van der Waals surface area contributed by atoms with E-state index in [1.165, 1.54) is 64.2 Å². The predicted molar refractivity (Wildman–Crippen MR) is 80.9 cm³/mol. The molecule has 0 spiro atoms. The molecule has 0 nitrogen and oxygen atoms in total. The molecule has 0 aromatic heterocycles. The van der Waals surface area contributed by atoms with Gasteiger partial charge in [0.25, 0.3) is 0 Å². The van der Waals surface area contributed by atoms with Crippen LogP contribution in [0, 0.1) is 28.6 Å². The van der Waals surface area contributed by atoms with Crippen molar-refractivity contribution >= 4 is 0 Å². The smallest absolute Gasteiger partial charge is 0.00853 e. The second-order valence-corrected chi connectivity index (χ2v) is 8.56. The highest BCUT2D eigenvalue weighted by Gasteiger charge is 2.53.